The molecule has 0 aliphatic carbocycles. The van der Waals surface area contributed by atoms with E-state index in [1.165, 1.54) is 0 Å². The zero-order chi connectivity index (χ0) is 13.8. The van der Waals surface area contributed by atoms with Crippen molar-refractivity contribution in [3.8, 4) is 5.75 Å². The van der Waals surface area contributed by atoms with Crippen LogP contribution in [0.3, 0.4) is 0 Å². The largest absolute Gasteiger partial charge is 0.487 e. The van der Waals surface area contributed by atoms with Crippen molar-refractivity contribution in [1.29, 1.82) is 0 Å². The van der Waals surface area contributed by atoms with Crippen LogP contribution in [0.25, 0.3) is 0 Å². The Morgan fingerprint density at radius 2 is 2.21 bits per heavy atom. The number of hydrogen-bond acceptors (Lipinski definition) is 4. The normalized spacial score (nSPS) is 11.6. The molecule has 1 aromatic heterocycles. The van der Waals surface area contributed by atoms with Crippen LogP contribution >= 0.6 is 38.9 Å². The Hall–Kier alpha value is -1.24. The van der Waals surface area contributed by atoms with Crippen LogP contribution in [0.2, 0.25) is 5.02 Å². The Labute approximate surface area is 127 Å². The maximum absolute atomic E-state index is 8.74. The first-order valence-corrected chi connectivity index (χ1v) is 7.23. The molecule has 3 N–H and O–H groups in total. The summed E-state index contributed by atoms with van der Waals surface area (Å²) in [4.78, 5) is 1.05. The Morgan fingerprint density at radius 1 is 1.42 bits per heavy atom. The second-order valence-corrected chi connectivity index (χ2v) is 6.60. The Kier molecular flexibility index (Phi) is 4.68. The summed E-state index contributed by atoms with van der Waals surface area (Å²) in [6.45, 7) is 0.391. The molecule has 0 saturated carbocycles. The van der Waals surface area contributed by atoms with E-state index in [-0.39, 0.29) is 5.84 Å². The fourth-order valence-corrected chi connectivity index (χ4v) is 3.02. The molecule has 19 heavy (non-hydrogen) atoms. The van der Waals surface area contributed by atoms with Crippen LogP contribution in [0.5, 0.6) is 5.75 Å². The fourth-order valence-electron chi connectivity index (χ4n) is 1.46. The average molecular weight is 362 g/mol. The highest BCUT2D eigenvalue weighted by molar-refractivity contribution is 9.11. The van der Waals surface area contributed by atoms with Gasteiger partial charge < -0.3 is 15.7 Å². The van der Waals surface area contributed by atoms with Crippen LogP contribution in [0.1, 0.15) is 10.4 Å². The molecule has 2 aromatic rings. The highest BCUT2D eigenvalue weighted by Gasteiger charge is 2.10. The molecule has 0 atom stereocenters. The van der Waals surface area contributed by atoms with Gasteiger partial charge in [0.1, 0.15) is 12.4 Å². The molecule has 4 nitrogen and oxygen atoms in total. The first-order valence-electron chi connectivity index (χ1n) is 5.24. The molecule has 0 saturated heterocycles. The Balaban J connectivity index is 2.21. The van der Waals surface area contributed by atoms with Crippen molar-refractivity contribution >= 4 is 44.7 Å². The van der Waals surface area contributed by atoms with E-state index in [2.05, 4.69) is 21.1 Å². The van der Waals surface area contributed by atoms with Crippen molar-refractivity contribution < 1.29 is 9.94 Å². The van der Waals surface area contributed by atoms with E-state index in [1.54, 1.807) is 29.5 Å². The standard InChI is InChI=1S/C12H10BrClN2O2S/c13-11-4-2-8(19-11)6-18-10-5-7(14)1-3-9(10)12(15)16-17/h1-5,17H,6H2,(H2,15,16). The molecule has 1 heterocycles. The fraction of sp³-hybridized carbons (Fsp3) is 0.0833. The van der Waals surface area contributed by atoms with Crippen molar-refractivity contribution in [3.63, 3.8) is 0 Å². The van der Waals surface area contributed by atoms with Crippen molar-refractivity contribution in [3.05, 3.63) is 49.6 Å². The van der Waals surface area contributed by atoms with Crippen LogP contribution in [-0.4, -0.2) is 11.0 Å². The molecule has 0 bridgehead atoms. The number of amidine groups is 1. The van der Waals surface area contributed by atoms with E-state index in [1.807, 2.05) is 12.1 Å². The lowest BCUT2D eigenvalue weighted by molar-refractivity contribution is 0.306. The molecule has 0 unspecified atom stereocenters. The number of oxime groups is 1. The summed E-state index contributed by atoms with van der Waals surface area (Å²) in [5.41, 5.74) is 6.09. The van der Waals surface area contributed by atoms with Crippen LogP contribution in [0, 0.1) is 0 Å². The SMILES string of the molecule is N/C(=N/O)c1ccc(Cl)cc1OCc1ccc(Br)s1. The van der Waals surface area contributed by atoms with Crippen LogP contribution in [0.4, 0.5) is 0 Å². The lowest BCUT2D eigenvalue weighted by Gasteiger charge is -2.10. The van der Waals surface area contributed by atoms with Crippen molar-refractivity contribution in [2.75, 3.05) is 0 Å². The summed E-state index contributed by atoms with van der Waals surface area (Å²) < 4.78 is 6.71. The van der Waals surface area contributed by atoms with Gasteiger partial charge >= 0.3 is 0 Å². The predicted molar refractivity (Wildman–Crippen MR) is 80.3 cm³/mol. The van der Waals surface area contributed by atoms with Crippen LogP contribution in [0.15, 0.2) is 39.3 Å². The van der Waals surface area contributed by atoms with Gasteiger partial charge in [0.05, 0.1) is 9.35 Å². The maximum atomic E-state index is 8.74. The zero-order valence-corrected chi connectivity index (χ0v) is 12.8. The number of rotatable bonds is 4. The number of halogens is 2. The predicted octanol–water partition coefficient (Wildman–Crippen LogP) is 3.84. The van der Waals surface area contributed by atoms with Gasteiger partial charge in [-0.25, -0.2) is 0 Å². The zero-order valence-electron chi connectivity index (χ0n) is 9.64. The Bertz CT molecular complexity index is 616. The van der Waals surface area contributed by atoms with E-state index in [0.717, 1.165) is 8.66 Å². The summed E-state index contributed by atoms with van der Waals surface area (Å²) in [5, 5.41) is 12.2. The van der Waals surface area contributed by atoms with Gasteiger partial charge in [-0.1, -0.05) is 16.8 Å². The van der Waals surface area contributed by atoms with Gasteiger partial charge in [-0.3, -0.25) is 0 Å². The number of hydrogen-bond donors (Lipinski definition) is 2. The number of nitrogens with zero attached hydrogens (tertiary/aromatic N) is 1. The van der Waals surface area contributed by atoms with Gasteiger partial charge in [0.25, 0.3) is 0 Å². The molecular weight excluding hydrogens is 352 g/mol. The quantitative estimate of drug-likeness (QED) is 0.376. The number of nitrogens with two attached hydrogens (primary N) is 1. The smallest absolute Gasteiger partial charge is 0.173 e. The average Bonchev–Trinajstić information content (AvgIpc) is 2.81. The first kappa shape index (κ1) is 14.2. The molecule has 100 valence electrons. The van der Waals surface area contributed by atoms with Crippen molar-refractivity contribution in [2.45, 2.75) is 6.61 Å². The van der Waals surface area contributed by atoms with Gasteiger partial charge in [0.2, 0.25) is 0 Å². The molecule has 0 fully saturated rings. The minimum Gasteiger partial charge on any atom is -0.487 e. The monoisotopic (exact) mass is 360 g/mol. The maximum Gasteiger partial charge on any atom is 0.173 e. The molecule has 7 heteroatoms. The summed E-state index contributed by atoms with van der Waals surface area (Å²) in [7, 11) is 0. The number of benzene rings is 1. The molecule has 2 rings (SSSR count). The van der Waals surface area contributed by atoms with Gasteiger partial charge in [-0.15, -0.1) is 11.3 Å². The lowest BCUT2D eigenvalue weighted by atomic mass is 10.2. The van der Waals surface area contributed by atoms with E-state index < -0.39 is 0 Å². The second-order valence-electron chi connectivity index (χ2n) is 3.62. The van der Waals surface area contributed by atoms with Crippen molar-refractivity contribution in [2.24, 2.45) is 10.9 Å². The Morgan fingerprint density at radius 3 is 2.84 bits per heavy atom. The molecule has 0 spiro atoms. The molecular formula is C12H10BrClN2O2S. The summed E-state index contributed by atoms with van der Waals surface area (Å²) in [5.74, 6) is 0.464. The van der Waals surface area contributed by atoms with Gasteiger partial charge in [-0.2, -0.15) is 0 Å². The van der Waals surface area contributed by atoms with E-state index in [4.69, 9.17) is 27.3 Å². The van der Waals surface area contributed by atoms with Crippen LogP contribution < -0.4 is 10.5 Å². The second kappa shape index (κ2) is 6.27. The molecule has 0 amide bonds. The summed E-state index contributed by atoms with van der Waals surface area (Å²) in [6.07, 6.45) is 0. The first-order chi connectivity index (χ1) is 9.10. The molecule has 0 radical (unpaired) electrons. The van der Waals surface area contributed by atoms with E-state index in [0.29, 0.717) is 22.9 Å². The molecule has 0 aliphatic rings. The molecule has 1 aromatic carbocycles. The topological polar surface area (TPSA) is 67.8 Å². The van der Waals surface area contributed by atoms with Gasteiger partial charge in [0.15, 0.2) is 5.84 Å². The third-order valence-corrected chi connectivity index (χ3v) is 4.16. The number of ether oxygens (including phenoxy) is 1. The van der Waals surface area contributed by atoms with Crippen molar-refractivity contribution in [1.82, 2.24) is 0 Å². The van der Waals surface area contributed by atoms with E-state index in [9.17, 15) is 0 Å². The third-order valence-electron chi connectivity index (χ3n) is 2.33. The van der Waals surface area contributed by atoms with Crippen LogP contribution in [-0.2, 0) is 6.61 Å². The minimum absolute atomic E-state index is 0.0148. The number of thiophene rings is 1. The minimum atomic E-state index is -0.0148. The third kappa shape index (κ3) is 3.62. The highest BCUT2D eigenvalue weighted by atomic mass is 79.9. The summed E-state index contributed by atoms with van der Waals surface area (Å²) >= 11 is 10.9. The van der Waals surface area contributed by atoms with Gasteiger partial charge in [0, 0.05) is 9.90 Å². The van der Waals surface area contributed by atoms with Gasteiger partial charge in [-0.05, 0) is 46.3 Å². The highest BCUT2D eigenvalue weighted by Crippen LogP contribution is 2.27. The lowest BCUT2D eigenvalue weighted by Crippen LogP contribution is -2.14. The summed E-state index contributed by atoms with van der Waals surface area (Å²) in [6, 6.07) is 8.85. The van der Waals surface area contributed by atoms with E-state index >= 15 is 0 Å². The molecule has 0 aliphatic heterocycles.